The molecule has 5 nitrogen and oxygen atoms in total. The predicted octanol–water partition coefficient (Wildman–Crippen LogP) is 2.38. The number of imidazole rings is 1. The summed E-state index contributed by atoms with van der Waals surface area (Å²) in [6.45, 7) is 2.41. The van der Waals surface area contributed by atoms with Crippen LogP contribution in [0.15, 0.2) is 47.3 Å². The Hall–Kier alpha value is -2.82. The summed E-state index contributed by atoms with van der Waals surface area (Å²) < 4.78 is 1.55. The van der Waals surface area contributed by atoms with E-state index < -0.39 is 5.97 Å². The zero-order chi connectivity index (χ0) is 15.0. The van der Waals surface area contributed by atoms with Crippen LogP contribution < -0.4 is 5.69 Å². The number of aromatic amines is 1. The van der Waals surface area contributed by atoms with Gasteiger partial charge >= 0.3 is 11.7 Å². The van der Waals surface area contributed by atoms with E-state index in [4.69, 9.17) is 0 Å². The van der Waals surface area contributed by atoms with E-state index in [0.717, 1.165) is 11.1 Å². The first kappa shape index (κ1) is 13.2. The minimum atomic E-state index is -1.05. The van der Waals surface area contributed by atoms with Crippen LogP contribution in [0.2, 0.25) is 0 Å². The van der Waals surface area contributed by atoms with Crippen LogP contribution in [-0.4, -0.2) is 20.6 Å². The van der Waals surface area contributed by atoms with Gasteiger partial charge in [-0.3, -0.25) is 4.57 Å². The lowest BCUT2D eigenvalue weighted by atomic mass is 10.1. The minimum Gasteiger partial charge on any atom is -0.478 e. The molecule has 0 amide bonds. The highest BCUT2D eigenvalue weighted by Gasteiger charge is 2.14. The first-order valence-electron chi connectivity index (χ1n) is 6.56. The highest BCUT2D eigenvalue weighted by Crippen LogP contribution is 2.16. The van der Waals surface area contributed by atoms with Gasteiger partial charge in [-0.2, -0.15) is 0 Å². The lowest BCUT2D eigenvalue weighted by Crippen LogP contribution is -2.17. The maximum absolute atomic E-state index is 12.1. The first-order valence-corrected chi connectivity index (χ1v) is 6.56. The molecule has 106 valence electrons. The summed E-state index contributed by atoms with van der Waals surface area (Å²) in [4.78, 5) is 25.9. The second-order valence-corrected chi connectivity index (χ2v) is 5.01. The summed E-state index contributed by atoms with van der Waals surface area (Å²) in [6, 6.07) is 12.8. The van der Waals surface area contributed by atoms with Gasteiger partial charge in [0.15, 0.2) is 0 Å². The summed E-state index contributed by atoms with van der Waals surface area (Å²) in [5.41, 5.74) is 2.90. The fraction of sp³-hybridized carbons (Fsp3) is 0.125. The van der Waals surface area contributed by atoms with Crippen LogP contribution in [0.25, 0.3) is 11.0 Å². The van der Waals surface area contributed by atoms with Crippen LogP contribution in [0.1, 0.15) is 21.5 Å². The fourth-order valence-corrected chi connectivity index (χ4v) is 2.39. The number of aryl methyl sites for hydroxylation is 1. The van der Waals surface area contributed by atoms with Crippen LogP contribution in [0.3, 0.4) is 0 Å². The second kappa shape index (κ2) is 4.94. The van der Waals surface area contributed by atoms with Crippen molar-refractivity contribution in [2.45, 2.75) is 13.5 Å². The van der Waals surface area contributed by atoms with Crippen molar-refractivity contribution in [3.63, 3.8) is 0 Å². The van der Waals surface area contributed by atoms with Crippen molar-refractivity contribution in [2.75, 3.05) is 0 Å². The number of carboxylic acids is 1. The van der Waals surface area contributed by atoms with E-state index in [1.807, 2.05) is 31.2 Å². The van der Waals surface area contributed by atoms with E-state index in [1.54, 1.807) is 16.7 Å². The monoisotopic (exact) mass is 282 g/mol. The molecule has 1 aromatic heterocycles. The number of rotatable bonds is 3. The smallest absolute Gasteiger partial charge is 0.337 e. The number of para-hydroxylation sites is 1. The zero-order valence-corrected chi connectivity index (χ0v) is 11.5. The van der Waals surface area contributed by atoms with Crippen molar-refractivity contribution in [3.05, 3.63) is 69.6 Å². The summed E-state index contributed by atoms with van der Waals surface area (Å²) in [5, 5.41) is 9.17. The molecular weight excluding hydrogens is 268 g/mol. The molecular formula is C16H14N2O3. The second-order valence-electron chi connectivity index (χ2n) is 5.01. The Balaban J connectivity index is 2.13. The van der Waals surface area contributed by atoms with Gasteiger partial charge in [0, 0.05) is 0 Å². The first-order chi connectivity index (χ1) is 10.1. The molecule has 0 unspecified atom stereocenters. The third-order valence-corrected chi connectivity index (χ3v) is 3.50. The molecule has 21 heavy (non-hydrogen) atoms. The van der Waals surface area contributed by atoms with E-state index in [0.29, 0.717) is 17.6 Å². The molecule has 0 atom stereocenters. The van der Waals surface area contributed by atoms with Gasteiger partial charge in [-0.1, -0.05) is 35.9 Å². The normalized spacial score (nSPS) is 10.9. The molecule has 1 heterocycles. The average molecular weight is 282 g/mol. The molecule has 0 aliphatic carbocycles. The third-order valence-electron chi connectivity index (χ3n) is 3.50. The van der Waals surface area contributed by atoms with Crippen molar-refractivity contribution >= 4 is 17.0 Å². The number of hydrogen-bond donors (Lipinski definition) is 2. The van der Waals surface area contributed by atoms with E-state index in [-0.39, 0.29) is 11.3 Å². The van der Waals surface area contributed by atoms with Crippen molar-refractivity contribution < 1.29 is 9.90 Å². The van der Waals surface area contributed by atoms with Crippen molar-refractivity contribution in [1.82, 2.24) is 9.55 Å². The molecule has 0 radical (unpaired) electrons. The Labute approximate surface area is 120 Å². The highest BCUT2D eigenvalue weighted by atomic mass is 16.4. The van der Waals surface area contributed by atoms with Gasteiger partial charge in [-0.25, -0.2) is 9.59 Å². The average Bonchev–Trinajstić information content (AvgIpc) is 2.77. The van der Waals surface area contributed by atoms with E-state index in [2.05, 4.69) is 4.98 Å². The molecule has 0 fully saturated rings. The van der Waals surface area contributed by atoms with Crippen LogP contribution >= 0.6 is 0 Å². The lowest BCUT2D eigenvalue weighted by molar-refractivity contribution is 0.0699. The number of carbonyl (C=O) groups is 1. The summed E-state index contributed by atoms with van der Waals surface area (Å²) in [6.07, 6.45) is 0. The molecule has 0 bridgehead atoms. The maximum Gasteiger partial charge on any atom is 0.337 e. The van der Waals surface area contributed by atoms with E-state index in [1.165, 1.54) is 6.07 Å². The molecule has 0 aliphatic heterocycles. The zero-order valence-electron chi connectivity index (χ0n) is 11.5. The van der Waals surface area contributed by atoms with Crippen molar-refractivity contribution in [1.29, 1.82) is 0 Å². The number of H-pyrrole nitrogens is 1. The highest BCUT2D eigenvalue weighted by molar-refractivity contribution is 6.00. The van der Waals surface area contributed by atoms with Crippen molar-refractivity contribution in [3.8, 4) is 0 Å². The number of hydrogen-bond acceptors (Lipinski definition) is 2. The van der Waals surface area contributed by atoms with Crippen molar-refractivity contribution in [2.24, 2.45) is 0 Å². The van der Waals surface area contributed by atoms with Gasteiger partial charge in [0.25, 0.3) is 0 Å². The van der Waals surface area contributed by atoms with Crippen LogP contribution in [0, 0.1) is 6.92 Å². The van der Waals surface area contributed by atoms with Gasteiger partial charge in [0.05, 0.1) is 23.1 Å². The summed E-state index contributed by atoms with van der Waals surface area (Å²) in [5.74, 6) is -1.05. The van der Waals surface area contributed by atoms with E-state index in [9.17, 15) is 14.7 Å². The maximum atomic E-state index is 12.1. The Bertz CT molecular complexity index is 873. The number of nitrogens with one attached hydrogen (secondary N) is 1. The number of aromatic carboxylic acids is 1. The predicted molar refractivity (Wildman–Crippen MR) is 79.8 cm³/mol. The molecule has 3 rings (SSSR count). The van der Waals surface area contributed by atoms with Gasteiger partial charge in [0.2, 0.25) is 0 Å². The summed E-state index contributed by atoms with van der Waals surface area (Å²) in [7, 11) is 0. The molecule has 0 saturated heterocycles. The molecule has 0 saturated carbocycles. The number of aromatic nitrogens is 2. The molecule has 3 aromatic rings. The largest absolute Gasteiger partial charge is 0.478 e. The molecule has 0 spiro atoms. The van der Waals surface area contributed by atoms with Crippen LogP contribution in [0.5, 0.6) is 0 Å². The minimum absolute atomic E-state index is 0.104. The Kier molecular flexibility index (Phi) is 3.10. The molecule has 2 N–H and O–H groups in total. The quantitative estimate of drug-likeness (QED) is 0.774. The van der Waals surface area contributed by atoms with Gasteiger partial charge in [-0.15, -0.1) is 0 Å². The Morgan fingerprint density at radius 1 is 1.19 bits per heavy atom. The van der Waals surface area contributed by atoms with Crippen LogP contribution in [0.4, 0.5) is 0 Å². The van der Waals surface area contributed by atoms with Gasteiger partial charge in [0.1, 0.15) is 0 Å². The van der Waals surface area contributed by atoms with E-state index >= 15 is 0 Å². The lowest BCUT2D eigenvalue weighted by Gasteiger charge is -2.05. The Morgan fingerprint density at radius 2 is 1.90 bits per heavy atom. The van der Waals surface area contributed by atoms with Gasteiger partial charge < -0.3 is 10.1 Å². The standard InChI is InChI=1S/C16H14N2O3/c1-10-5-7-11(8-6-10)9-18-13-4-2-3-12(15(19)20)14(13)17-16(18)21/h2-8H,9H2,1H3,(H,17,21)(H,19,20). The van der Waals surface area contributed by atoms with Crippen LogP contribution in [-0.2, 0) is 6.54 Å². The number of nitrogens with zero attached hydrogens (tertiary/aromatic N) is 1. The fourth-order valence-electron chi connectivity index (χ4n) is 2.39. The molecule has 2 aromatic carbocycles. The Morgan fingerprint density at radius 3 is 2.57 bits per heavy atom. The molecule has 5 heteroatoms. The number of carboxylic acid groups (broad SMARTS) is 1. The number of benzene rings is 2. The third kappa shape index (κ3) is 2.33. The summed E-state index contributed by atoms with van der Waals surface area (Å²) >= 11 is 0. The van der Waals surface area contributed by atoms with Gasteiger partial charge in [-0.05, 0) is 24.6 Å². The SMILES string of the molecule is Cc1ccc(Cn2c(=O)[nH]c3c(C(=O)O)cccc32)cc1. The topological polar surface area (TPSA) is 75.1 Å². The molecule has 0 aliphatic rings. The number of fused-ring (bicyclic) bond motifs is 1.